The minimum atomic E-state index is -1.58. The summed E-state index contributed by atoms with van der Waals surface area (Å²) >= 11 is 0. The first-order valence-electron chi connectivity index (χ1n) is 5.35. The molecule has 4 nitrogen and oxygen atoms in total. The van der Waals surface area contributed by atoms with Gasteiger partial charge in [0.2, 0.25) is 6.23 Å². The summed E-state index contributed by atoms with van der Waals surface area (Å²) in [6, 6.07) is 3.40. The van der Waals surface area contributed by atoms with Gasteiger partial charge in [0.05, 0.1) is 12.1 Å². The number of aromatic nitrogens is 1. The minimum absolute atomic E-state index is 0.123. The number of hydrogen-bond donors (Lipinski definition) is 1. The third kappa shape index (κ3) is 2.06. The molecule has 1 N–H and O–H groups in total. The van der Waals surface area contributed by atoms with Gasteiger partial charge in [-0.05, 0) is 19.1 Å². The Kier molecular flexibility index (Phi) is 3.29. The summed E-state index contributed by atoms with van der Waals surface area (Å²) < 4.78 is 31.9. The number of ether oxygens (including phenoxy) is 1. The summed E-state index contributed by atoms with van der Waals surface area (Å²) in [4.78, 5) is 11.4. The maximum atomic E-state index is 13.1. The summed E-state index contributed by atoms with van der Waals surface area (Å²) in [6.07, 6.45) is -0.210. The van der Waals surface area contributed by atoms with E-state index in [9.17, 15) is 18.7 Å². The number of carbonyl (C=O) groups is 1. The van der Waals surface area contributed by atoms with E-state index in [2.05, 4.69) is 4.74 Å². The zero-order chi connectivity index (χ0) is 13.3. The lowest BCUT2D eigenvalue weighted by molar-refractivity contribution is -0.158. The average molecular weight is 255 g/mol. The van der Waals surface area contributed by atoms with Gasteiger partial charge in [0.15, 0.2) is 11.6 Å². The van der Waals surface area contributed by atoms with Crippen LogP contribution < -0.4 is 0 Å². The first-order valence-corrected chi connectivity index (χ1v) is 5.35. The molecule has 1 aromatic carbocycles. The maximum absolute atomic E-state index is 13.1. The molecule has 0 radical (unpaired) electrons. The van der Waals surface area contributed by atoms with E-state index >= 15 is 0 Å². The van der Waals surface area contributed by atoms with Crippen LogP contribution in [-0.4, -0.2) is 22.2 Å². The van der Waals surface area contributed by atoms with Crippen molar-refractivity contribution < 1.29 is 23.4 Å². The van der Waals surface area contributed by atoms with Crippen LogP contribution in [0.3, 0.4) is 0 Å². The molecular weight excluding hydrogens is 244 g/mol. The number of esters is 1. The highest BCUT2D eigenvalue weighted by molar-refractivity contribution is 5.83. The standard InChI is InChI=1S/C12H11F2NO3/c1-2-18-12(17)11(16)15-4-3-7-5-8(13)9(14)6-10(7)15/h3-6,11,16H,2H2,1H3. The number of nitrogens with zero attached hydrogens (tertiary/aromatic N) is 1. The van der Waals surface area contributed by atoms with E-state index in [1.165, 1.54) is 12.3 Å². The molecule has 0 saturated heterocycles. The highest BCUT2D eigenvalue weighted by Gasteiger charge is 2.20. The molecule has 0 spiro atoms. The molecule has 18 heavy (non-hydrogen) atoms. The number of aliphatic hydroxyl groups excluding tert-OH is 1. The van der Waals surface area contributed by atoms with Gasteiger partial charge in [-0.3, -0.25) is 0 Å². The molecule has 2 rings (SSSR count). The van der Waals surface area contributed by atoms with Crippen molar-refractivity contribution in [3.63, 3.8) is 0 Å². The molecule has 96 valence electrons. The van der Waals surface area contributed by atoms with Crippen molar-refractivity contribution in [2.75, 3.05) is 6.61 Å². The molecule has 0 aliphatic carbocycles. The van der Waals surface area contributed by atoms with Crippen LogP contribution in [0, 0.1) is 11.6 Å². The third-order valence-corrected chi connectivity index (χ3v) is 2.52. The summed E-state index contributed by atoms with van der Waals surface area (Å²) in [5, 5.41) is 10.1. The predicted octanol–water partition coefficient (Wildman–Crippen LogP) is 1.97. The molecule has 6 heteroatoms. The highest BCUT2D eigenvalue weighted by atomic mass is 19.2. The second-order valence-electron chi connectivity index (χ2n) is 3.67. The molecule has 0 fully saturated rings. The molecule has 1 aromatic heterocycles. The number of fused-ring (bicyclic) bond motifs is 1. The quantitative estimate of drug-likeness (QED) is 0.853. The van der Waals surface area contributed by atoms with Crippen LogP contribution in [0.15, 0.2) is 24.4 Å². The zero-order valence-corrected chi connectivity index (χ0v) is 9.56. The number of carbonyl (C=O) groups excluding carboxylic acids is 1. The predicted molar refractivity (Wildman–Crippen MR) is 59.7 cm³/mol. The van der Waals surface area contributed by atoms with Crippen LogP contribution in [0.1, 0.15) is 13.2 Å². The van der Waals surface area contributed by atoms with Crippen LogP contribution in [0.5, 0.6) is 0 Å². The number of hydrogen-bond acceptors (Lipinski definition) is 3. The number of rotatable bonds is 3. The van der Waals surface area contributed by atoms with E-state index in [1.54, 1.807) is 6.92 Å². The maximum Gasteiger partial charge on any atom is 0.356 e. The normalized spacial score (nSPS) is 12.7. The van der Waals surface area contributed by atoms with Crippen molar-refractivity contribution in [1.82, 2.24) is 4.57 Å². The Bertz CT molecular complexity index is 594. The Morgan fingerprint density at radius 1 is 1.44 bits per heavy atom. The summed E-state index contributed by atoms with van der Waals surface area (Å²) in [5.41, 5.74) is 0.217. The minimum Gasteiger partial charge on any atom is -0.463 e. The van der Waals surface area contributed by atoms with Gasteiger partial charge in [0.25, 0.3) is 0 Å². The van der Waals surface area contributed by atoms with Crippen molar-refractivity contribution >= 4 is 16.9 Å². The van der Waals surface area contributed by atoms with E-state index in [0.717, 1.165) is 16.7 Å². The van der Waals surface area contributed by atoms with Crippen molar-refractivity contribution in [1.29, 1.82) is 0 Å². The van der Waals surface area contributed by atoms with Gasteiger partial charge in [-0.25, -0.2) is 13.6 Å². The molecule has 2 aromatic rings. The van der Waals surface area contributed by atoms with Crippen molar-refractivity contribution in [3.8, 4) is 0 Å². The van der Waals surface area contributed by atoms with Crippen molar-refractivity contribution in [3.05, 3.63) is 36.0 Å². The molecule has 1 heterocycles. The van der Waals surface area contributed by atoms with E-state index < -0.39 is 23.8 Å². The highest BCUT2D eigenvalue weighted by Crippen LogP contribution is 2.22. The van der Waals surface area contributed by atoms with Crippen molar-refractivity contribution in [2.24, 2.45) is 0 Å². The first-order chi connectivity index (χ1) is 8.54. The van der Waals surface area contributed by atoms with Gasteiger partial charge >= 0.3 is 5.97 Å². The summed E-state index contributed by atoms with van der Waals surface area (Å²) in [5.74, 6) is -2.87. The van der Waals surface area contributed by atoms with Crippen molar-refractivity contribution in [2.45, 2.75) is 13.2 Å². The molecular formula is C12H11F2NO3. The monoisotopic (exact) mass is 255 g/mol. The summed E-state index contributed by atoms with van der Waals surface area (Å²) in [7, 11) is 0. The van der Waals surface area contributed by atoms with Gasteiger partial charge in [-0.1, -0.05) is 0 Å². The Labute approximate surface area is 101 Å². The van der Waals surface area contributed by atoms with E-state index in [0.29, 0.717) is 5.39 Å². The molecule has 1 unspecified atom stereocenters. The fourth-order valence-electron chi connectivity index (χ4n) is 1.69. The van der Waals surface area contributed by atoms with Gasteiger partial charge in [-0.2, -0.15) is 0 Å². The van der Waals surface area contributed by atoms with E-state index in [1.807, 2.05) is 0 Å². The van der Waals surface area contributed by atoms with Gasteiger partial charge in [0.1, 0.15) is 0 Å². The van der Waals surface area contributed by atoms with Crippen LogP contribution >= 0.6 is 0 Å². The summed E-state index contributed by atoms with van der Waals surface area (Å²) in [6.45, 7) is 1.73. The van der Waals surface area contributed by atoms with Crippen LogP contribution in [-0.2, 0) is 9.53 Å². The third-order valence-electron chi connectivity index (χ3n) is 2.52. The van der Waals surface area contributed by atoms with E-state index in [-0.39, 0.29) is 12.1 Å². The number of aliphatic hydroxyl groups is 1. The number of benzene rings is 1. The molecule has 1 atom stereocenters. The SMILES string of the molecule is CCOC(=O)C(O)n1ccc2cc(F)c(F)cc21. The fourth-order valence-corrected chi connectivity index (χ4v) is 1.69. The lowest BCUT2D eigenvalue weighted by atomic mass is 10.2. The Hall–Kier alpha value is -1.95. The number of halogens is 2. The van der Waals surface area contributed by atoms with Gasteiger partial charge in [-0.15, -0.1) is 0 Å². The Balaban J connectivity index is 2.46. The second kappa shape index (κ2) is 4.73. The molecule has 0 amide bonds. The van der Waals surface area contributed by atoms with E-state index in [4.69, 9.17) is 0 Å². The van der Waals surface area contributed by atoms with Gasteiger partial charge < -0.3 is 14.4 Å². The van der Waals surface area contributed by atoms with Crippen LogP contribution in [0.2, 0.25) is 0 Å². The Morgan fingerprint density at radius 3 is 2.78 bits per heavy atom. The van der Waals surface area contributed by atoms with Crippen LogP contribution in [0.25, 0.3) is 10.9 Å². The molecule has 0 aliphatic heterocycles. The molecule has 0 saturated carbocycles. The largest absolute Gasteiger partial charge is 0.463 e. The first kappa shape index (κ1) is 12.5. The Morgan fingerprint density at radius 2 is 2.11 bits per heavy atom. The smallest absolute Gasteiger partial charge is 0.356 e. The average Bonchev–Trinajstić information content (AvgIpc) is 2.72. The molecule has 0 aliphatic rings. The molecule has 0 bridgehead atoms. The second-order valence-corrected chi connectivity index (χ2v) is 3.67. The lowest BCUT2D eigenvalue weighted by Crippen LogP contribution is -2.20. The van der Waals surface area contributed by atoms with Gasteiger partial charge in [0, 0.05) is 17.6 Å². The lowest BCUT2D eigenvalue weighted by Gasteiger charge is -2.12. The zero-order valence-electron chi connectivity index (χ0n) is 9.56. The topological polar surface area (TPSA) is 51.5 Å². The fraction of sp³-hybridized carbons (Fsp3) is 0.250. The van der Waals surface area contributed by atoms with Crippen LogP contribution in [0.4, 0.5) is 8.78 Å².